The van der Waals surface area contributed by atoms with Crippen molar-refractivity contribution in [2.24, 2.45) is 5.92 Å². The zero-order valence-corrected chi connectivity index (χ0v) is 18.2. The van der Waals surface area contributed by atoms with Gasteiger partial charge >= 0.3 is 0 Å². The number of carbonyl (C=O) groups is 1. The van der Waals surface area contributed by atoms with Crippen molar-refractivity contribution < 1.29 is 22.7 Å². The van der Waals surface area contributed by atoms with Crippen molar-refractivity contribution in [3.63, 3.8) is 0 Å². The average Bonchev–Trinajstić information content (AvgIpc) is 3.47. The number of benzene rings is 2. The van der Waals surface area contributed by atoms with Gasteiger partial charge in [-0.25, -0.2) is 8.42 Å². The number of sulfone groups is 1. The molecule has 1 saturated carbocycles. The van der Waals surface area contributed by atoms with Crippen LogP contribution in [0.1, 0.15) is 31.2 Å². The molecule has 1 amide bonds. The van der Waals surface area contributed by atoms with Crippen molar-refractivity contribution in [2.45, 2.75) is 47.4 Å². The van der Waals surface area contributed by atoms with Gasteiger partial charge in [0.25, 0.3) is 11.7 Å². The van der Waals surface area contributed by atoms with Gasteiger partial charge in [0.2, 0.25) is 9.84 Å². The van der Waals surface area contributed by atoms with Crippen LogP contribution in [0, 0.1) is 5.92 Å². The maximum atomic E-state index is 13.2. The molecule has 158 valence electrons. The van der Waals surface area contributed by atoms with E-state index in [1.165, 1.54) is 43.2 Å². The summed E-state index contributed by atoms with van der Waals surface area (Å²) in [5.41, 5.74) is 0.859. The molecule has 0 aromatic heterocycles. The van der Waals surface area contributed by atoms with Gasteiger partial charge in [-0.1, -0.05) is 36.0 Å². The highest BCUT2D eigenvalue weighted by molar-refractivity contribution is 7.91. The summed E-state index contributed by atoms with van der Waals surface area (Å²) in [6.45, 7) is 0.366. The monoisotopic (exact) mass is 467 g/mol. The maximum Gasteiger partial charge on any atom is 0.289 e. The number of ether oxygens (including phenoxy) is 2. The molecule has 9 heteroatoms. The van der Waals surface area contributed by atoms with Crippen molar-refractivity contribution in [2.75, 3.05) is 11.9 Å². The molecule has 1 aliphatic carbocycles. The molecule has 6 nitrogen and oxygen atoms in total. The van der Waals surface area contributed by atoms with Gasteiger partial charge in [0.15, 0.2) is 0 Å². The Morgan fingerprint density at radius 3 is 2.47 bits per heavy atom. The Hall–Kier alpha value is -1.64. The topological polar surface area (TPSA) is 81.7 Å². The summed E-state index contributed by atoms with van der Waals surface area (Å²) in [4.78, 5) is 12.8. The number of nitrogens with one attached hydrogen (secondary N) is 1. The van der Waals surface area contributed by atoms with Crippen LogP contribution in [0.5, 0.6) is 0 Å². The second-order valence-electron chi connectivity index (χ2n) is 7.94. The molecule has 1 saturated heterocycles. The molecule has 30 heavy (non-hydrogen) atoms. The number of fused-ring (bicyclic) bond motifs is 2. The first kappa shape index (κ1) is 20.3. The largest absolute Gasteiger partial charge is 0.338 e. The lowest BCUT2D eigenvalue weighted by molar-refractivity contribution is -0.281. The first-order chi connectivity index (χ1) is 14.3. The summed E-state index contributed by atoms with van der Waals surface area (Å²) < 4.78 is 38.4. The Morgan fingerprint density at radius 2 is 1.77 bits per heavy atom. The van der Waals surface area contributed by atoms with Crippen LogP contribution in [0.4, 0.5) is 5.69 Å². The quantitative estimate of drug-likeness (QED) is 0.713. The molecule has 1 N–H and O–H groups in total. The highest BCUT2D eigenvalue weighted by Gasteiger charge is 2.53. The lowest BCUT2D eigenvalue weighted by atomic mass is 10.0. The fraction of sp³-hybridized carbons (Fsp3) is 0.381. The van der Waals surface area contributed by atoms with Crippen LogP contribution in [0.2, 0.25) is 10.0 Å². The van der Waals surface area contributed by atoms with Gasteiger partial charge in [-0.3, -0.25) is 4.79 Å². The van der Waals surface area contributed by atoms with E-state index in [1.807, 2.05) is 0 Å². The summed E-state index contributed by atoms with van der Waals surface area (Å²) in [6, 6.07) is 8.58. The molecule has 3 aliphatic rings. The first-order valence-corrected chi connectivity index (χ1v) is 12.0. The molecule has 2 aliphatic heterocycles. The molecule has 2 atom stereocenters. The molecule has 0 bridgehead atoms. The van der Waals surface area contributed by atoms with E-state index in [0.29, 0.717) is 30.2 Å². The van der Waals surface area contributed by atoms with E-state index in [-0.39, 0.29) is 25.9 Å². The van der Waals surface area contributed by atoms with E-state index in [0.717, 1.165) is 6.42 Å². The maximum absolute atomic E-state index is 13.2. The molecule has 2 fully saturated rings. The van der Waals surface area contributed by atoms with Crippen LogP contribution in [0.25, 0.3) is 0 Å². The zero-order chi connectivity index (χ0) is 21.1. The third-order valence-electron chi connectivity index (χ3n) is 5.72. The van der Waals surface area contributed by atoms with Crippen molar-refractivity contribution in [3.05, 3.63) is 52.0 Å². The zero-order valence-electron chi connectivity index (χ0n) is 15.9. The lowest BCUT2D eigenvalue weighted by Crippen LogP contribution is -2.47. The molecule has 2 heterocycles. The highest BCUT2D eigenvalue weighted by Crippen LogP contribution is 2.46. The van der Waals surface area contributed by atoms with Crippen molar-refractivity contribution in [3.8, 4) is 0 Å². The lowest BCUT2D eigenvalue weighted by Gasteiger charge is -2.37. The number of carbonyl (C=O) groups excluding carboxylic acids is 1. The van der Waals surface area contributed by atoms with Gasteiger partial charge in [-0.15, -0.1) is 0 Å². The number of rotatable bonds is 4. The minimum absolute atomic E-state index is 0.00646. The summed E-state index contributed by atoms with van der Waals surface area (Å²) >= 11 is 12.0. The van der Waals surface area contributed by atoms with Crippen LogP contribution in [-0.4, -0.2) is 27.0 Å². The predicted octanol–water partition coefficient (Wildman–Crippen LogP) is 4.54. The van der Waals surface area contributed by atoms with Crippen LogP contribution in [0.15, 0.2) is 46.2 Å². The minimum Gasteiger partial charge on any atom is -0.338 e. The number of amides is 1. The fourth-order valence-electron chi connectivity index (χ4n) is 4.03. The van der Waals surface area contributed by atoms with Crippen LogP contribution in [0.3, 0.4) is 0 Å². The van der Waals surface area contributed by atoms with E-state index < -0.39 is 21.5 Å². The third kappa shape index (κ3) is 3.42. The number of hydrogen-bond donors (Lipinski definition) is 1. The predicted molar refractivity (Wildman–Crippen MR) is 111 cm³/mol. The van der Waals surface area contributed by atoms with E-state index in [4.69, 9.17) is 32.7 Å². The van der Waals surface area contributed by atoms with Gasteiger partial charge in [-0.2, -0.15) is 0 Å². The summed E-state index contributed by atoms with van der Waals surface area (Å²) in [5.74, 6) is -1.42. The fourth-order valence-corrected chi connectivity index (χ4v) is 6.04. The van der Waals surface area contributed by atoms with E-state index in [1.54, 1.807) is 6.07 Å². The standard InChI is InChI=1S/C21H19Cl2NO5S/c22-13-8-14(23)10-17(9-13)30(26,27)16-3-4-19-18(11-16)21(20(25)24-19)28-6-5-15(29-21)7-12-1-2-12/h3-4,8-12,15H,1-2,5-7H2,(H,24,25). The molecule has 2 aromatic rings. The number of halogens is 2. The molecule has 1 spiro atoms. The van der Waals surface area contributed by atoms with Gasteiger partial charge < -0.3 is 14.8 Å². The van der Waals surface area contributed by atoms with Crippen molar-refractivity contribution in [1.29, 1.82) is 0 Å². The second-order valence-corrected chi connectivity index (χ2v) is 10.8. The van der Waals surface area contributed by atoms with Crippen LogP contribution >= 0.6 is 23.2 Å². The van der Waals surface area contributed by atoms with Crippen molar-refractivity contribution in [1.82, 2.24) is 0 Å². The van der Waals surface area contributed by atoms with Gasteiger partial charge in [0.05, 0.1) is 28.2 Å². The molecular weight excluding hydrogens is 449 g/mol. The normalized spacial score (nSPS) is 25.9. The summed E-state index contributed by atoms with van der Waals surface area (Å²) in [6.07, 6.45) is 3.85. The summed E-state index contributed by atoms with van der Waals surface area (Å²) in [5, 5.41) is 3.20. The van der Waals surface area contributed by atoms with E-state index >= 15 is 0 Å². The Morgan fingerprint density at radius 1 is 1.03 bits per heavy atom. The number of anilines is 1. The Labute approximate surface area is 184 Å². The minimum atomic E-state index is -3.92. The molecule has 5 rings (SSSR count). The van der Waals surface area contributed by atoms with E-state index in [9.17, 15) is 13.2 Å². The van der Waals surface area contributed by atoms with Gasteiger partial charge in [0.1, 0.15) is 0 Å². The Bertz CT molecular complexity index is 1130. The number of hydrogen-bond acceptors (Lipinski definition) is 5. The Kier molecular flexibility index (Phi) is 4.87. The molecular formula is C21H19Cl2NO5S. The summed E-state index contributed by atoms with van der Waals surface area (Å²) in [7, 11) is -3.92. The van der Waals surface area contributed by atoms with Crippen LogP contribution in [-0.2, 0) is 29.9 Å². The smallest absolute Gasteiger partial charge is 0.289 e. The van der Waals surface area contributed by atoms with E-state index in [2.05, 4.69) is 5.32 Å². The van der Waals surface area contributed by atoms with Crippen LogP contribution < -0.4 is 5.32 Å². The molecule has 2 aromatic carbocycles. The Balaban J connectivity index is 1.55. The third-order valence-corrected chi connectivity index (χ3v) is 7.89. The SMILES string of the molecule is O=C1Nc2ccc(S(=O)(=O)c3cc(Cl)cc(Cl)c3)cc2C12OCCC(CC1CC1)O2. The first-order valence-electron chi connectivity index (χ1n) is 9.77. The molecule has 0 radical (unpaired) electrons. The van der Waals surface area contributed by atoms with Crippen molar-refractivity contribution >= 4 is 44.6 Å². The second kappa shape index (κ2) is 7.21. The molecule has 2 unspecified atom stereocenters. The highest BCUT2D eigenvalue weighted by atomic mass is 35.5. The van der Waals surface area contributed by atoms with Gasteiger partial charge in [0, 0.05) is 15.6 Å². The average molecular weight is 468 g/mol. The van der Waals surface area contributed by atoms with Gasteiger partial charge in [-0.05, 0) is 55.2 Å².